The van der Waals surface area contributed by atoms with Crippen molar-refractivity contribution in [1.82, 2.24) is 5.32 Å². The quantitative estimate of drug-likeness (QED) is 0.708. The normalized spacial score (nSPS) is 15.7. The van der Waals surface area contributed by atoms with Crippen LogP contribution < -0.4 is 11.1 Å². The van der Waals surface area contributed by atoms with Crippen molar-refractivity contribution in [2.24, 2.45) is 17.1 Å². The lowest BCUT2D eigenvalue weighted by Gasteiger charge is -2.30. The Bertz CT molecular complexity index is 399. The maximum atomic E-state index is 11.8. The van der Waals surface area contributed by atoms with Gasteiger partial charge in [0, 0.05) is 18.7 Å². The van der Waals surface area contributed by atoms with Gasteiger partial charge in [0.25, 0.3) is 0 Å². The van der Waals surface area contributed by atoms with Gasteiger partial charge >= 0.3 is 0 Å². The lowest BCUT2D eigenvalue weighted by Crippen LogP contribution is -2.37. The van der Waals surface area contributed by atoms with Crippen molar-refractivity contribution in [2.45, 2.75) is 53.0 Å². The van der Waals surface area contributed by atoms with E-state index in [4.69, 9.17) is 5.73 Å². The number of rotatable bonds is 8. The third-order valence-electron chi connectivity index (χ3n) is 3.42. The Labute approximate surface area is 123 Å². The molecule has 2 unspecified atom stereocenters. The van der Waals surface area contributed by atoms with Crippen LogP contribution in [0.15, 0.2) is 0 Å². The number of nitrogens with one attached hydrogen (secondary N) is 1. The molecule has 0 aromatic heterocycles. The first-order valence-electron chi connectivity index (χ1n) is 7.13. The SMILES string of the molecule is CC(CS(C)(=O)=O)NC(=O)CCC(CCN)C(C)(C)C. The molecule has 0 fully saturated rings. The van der Waals surface area contributed by atoms with Crippen molar-refractivity contribution < 1.29 is 13.2 Å². The largest absolute Gasteiger partial charge is 0.353 e. The summed E-state index contributed by atoms with van der Waals surface area (Å²) in [4.78, 5) is 11.8. The second-order valence-corrected chi connectivity index (χ2v) is 8.92. The molecule has 0 spiro atoms. The topological polar surface area (TPSA) is 89.3 Å². The molecule has 0 rings (SSSR count). The number of hydrogen-bond donors (Lipinski definition) is 2. The highest BCUT2D eigenvalue weighted by molar-refractivity contribution is 7.90. The molecule has 6 heteroatoms. The summed E-state index contributed by atoms with van der Waals surface area (Å²) in [6.07, 6.45) is 3.26. The zero-order valence-corrected chi connectivity index (χ0v) is 14.2. The molecule has 0 heterocycles. The predicted molar refractivity (Wildman–Crippen MR) is 83.2 cm³/mol. The number of carbonyl (C=O) groups is 1. The number of nitrogens with two attached hydrogens (primary N) is 1. The average molecular weight is 306 g/mol. The molecule has 0 radical (unpaired) electrons. The van der Waals surface area contributed by atoms with E-state index in [1.54, 1.807) is 6.92 Å². The summed E-state index contributed by atoms with van der Waals surface area (Å²) >= 11 is 0. The Kier molecular flexibility index (Phi) is 7.73. The van der Waals surface area contributed by atoms with Gasteiger partial charge in [0.05, 0.1) is 5.75 Å². The van der Waals surface area contributed by atoms with Crippen LogP contribution in [0.25, 0.3) is 0 Å². The van der Waals surface area contributed by atoms with Gasteiger partial charge in [-0.25, -0.2) is 8.42 Å². The molecule has 0 aliphatic carbocycles. The Balaban J connectivity index is 4.27. The summed E-state index contributed by atoms with van der Waals surface area (Å²) in [6.45, 7) is 8.78. The van der Waals surface area contributed by atoms with Gasteiger partial charge in [0.1, 0.15) is 9.84 Å². The van der Waals surface area contributed by atoms with E-state index in [0.29, 0.717) is 18.9 Å². The van der Waals surface area contributed by atoms with Crippen LogP contribution in [0.3, 0.4) is 0 Å². The zero-order valence-electron chi connectivity index (χ0n) is 13.4. The number of carbonyl (C=O) groups excluding carboxylic acids is 1. The van der Waals surface area contributed by atoms with Gasteiger partial charge in [-0.1, -0.05) is 20.8 Å². The first-order valence-corrected chi connectivity index (χ1v) is 9.19. The molecule has 0 saturated heterocycles. The third kappa shape index (κ3) is 9.31. The molecule has 0 aliphatic heterocycles. The van der Waals surface area contributed by atoms with Crippen LogP contribution in [0, 0.1) is 11.3 Å². The summed E-state index contributed by atoms with van der Waals surface area (Å²) in [5.41, 5.74) is 5.74. The van der Waals surface area contributed by atoms with Gasteiger partial charge < -0.3 is 11.1 Å². The highest BCUT2D eigenvalue weighted by Crippen LogP contribution is 2.31. The number of sulfone groups is 1. The van der Waals surface area contributed by atoms with Crippen molar-refractivity contribution in [3.05, 3.63) is 0 Å². The molecule has 1 amide bonds. The molecule has 0 aromatic rings. The van der Waals surface area contributed by atoms with Gasteiger partial charge in [0.2, 0.25) is 5.91 Å². The summed E-state index contributed by atoms with van der Waals surface area (Å²) in [6, 6.07) is -0.347. The molecule has 0 aliphatic rings. The molecule has 2 atom stereocenters. The minimum absolute atomic E-state index is 0.0236. The van der Waals surface area contributed by atoms with E-state index in [1.165, 1.54) is 6.26 Å². The molecule has 0 saturated carbocycles. The predicted octanol–water partition coefficient (Wildman–Crippen LogP) is 1.33. The standard InChI is InChI=1S/C14H30N2O3S/c1-11(10-20(5,18)19)16-13(17)7-6-12(8-9-15)14(2,3)4/h11-12H,6-10,15H2,1-5H3,(H,16,17). The fourth-order valence-corrected chi connectivity index (χ4v) is 3.35. The monoisotopic (exact) mass is 306 g/mol. The van der Waals surface area contributed by atoms with Crippen LogP contribution in [0.2, 0.25) is 0 Å². The van der Waals surface area contributed by atoms with Crippen LogP contribution in [-0.4, -0.2) is 38.9 Å². The number of amides is 1. The highest BCUT2D eigenvalue weighted by Gasteiger charge is 2.24. The molecule has 5 nitrogen and oxygen atoms in total. The first-order chi connectivity index (χ1) is 8.95. The molecule has 20 heavy (non-hydrogen) atoms. The maximum Gasteiger partial charge on any atom is 0.220 e. The molecule has 0 aromatic carbocycles. The van der Waals surface area contributed by atoms with E-state index in [1.807, 2.05) is 0 Å². The van der Waals surface area contributed by atoms with Crippen LogP contribution in [0.4, 0.5) is 0 Å². The van der Waals surface area contributed by atoms with Gasteiger partial charge in [-0.3, -0.25) is 4.79 Å². The van der Waals surface area contributed by atoms with Crippen molar-refractivity contribution in [1.29, 1.82) is 0 Å². The fourth-order valence-electron chi connectivity index (χ4n) is 2.36. The van der Waals surface area contributed by atoms with E-state index >= 15 is 0 Å². The number of hydrogen-bond acceptors (Lipinski definition) is 4. The van der Waals surface area contributed by atoms with Crippen LogP contribution in [0.5, 0.6) is 0 Å². The van der Waals surface area contributed by atoms with Crippen LogP contribution in [0.1, 0.15) is 47.0 Å². The fraction of sp³-hybridized carbons (Fsp3) is 0.929. The first kappa shape index (κ1) is 19.4. The Morgan fingerprint density at radius 2 is 1.80 bits per heavy atom. The zero-order chi connectivity index (χ0) is 16.0. The van der Waals surface area contributed by atoms with E-state index < -0.39 is 9.84 Å². The maximum absolute atomic E-state index is 11.8. The molecule has 120 valence electrons. The summed E-state index contributed by atoms with van der Waals surface area (Å²) < 4.78 is 22.3. The smallest absolute Gasteiger partial charge is 0.220 e. The van der Waals surface area contributed by atoms with E-state index in [2.05, 4.69) is 26.1 Å². The van der Waals surface area contributed by atoms with E-state index in [0.717, 1.165) is 12.8 Å². The summed E-state index contributed by atoms with van der Waals surface area (Å²) in [5.74, 6) is 0.278. The van der Waals surface area contributed by atoms with Crippen molar-refractivity contribution in [3.63, 3.8) is 0 Å². The third-order valence-corrected chi connectivity index (χ3v) is 4.53. The highest BCUT2D eigenvalue weighted by atomic mass is 32.2. The molecule has 0 bridgehead atoms. The summed E-state index contributed by atoms with van der Waals surface area (Å²) in [7, 11) is -3.06. The second-order valence-electron chi connectivity index (χ2n) is 6.74. The summed E-state index contributed by atoms with van der Waals surface area (Å²) in [5, 5.41) is 2.74. The van der Waals surface area contributed by atoms with Gasteiger partial charge in [-0.15, -0.1) is 0 Å². The molecule has 3 N–H and O–H groups in total. The van der Waals surface area contributed by atoms with Gasteiger partial charge in [-0.05, 0) is 37.6 Å². The Hall–Kier alpha value is -0.620. The Morgan fingerprint density at radius 3 is 2.20 bits per heavy atom. The van der Waals surface area contributed by atoms with Crippen molar-refractivity contribution >= 4 is 15.7 Å². The van der Waals surface area contributed by atoms with E-state index in [9.17, 15) is 13.2 Å². The lowest BCUT2D eigenvalue weighted by atomic mass is 9.76. The van der Waals surface area contributed by atoms with Crippen molar-refractivity contribution in [3.8, 4) is 0 Å². The lowest BCUT2D eigenvalue weighted by molar-refractivity contribution is -0.122. The molecular formula is C14H30N2O3S. The average Bonchev–Trinajstić information content (AvgIpc) is 2.19. The second kappa shape index (κ2) is 7.98. The minimum atomic E-state index is -3.06. The van der Waals surface area contributed by atoms with Crippen LogP contribution >= 0.6 is 0 Å². The Morgan fingerprint density at radius 1 is 1.25 bits per heavy atom. The van der Waals surface area contributed by atoms with Gasteiger partial charge in [-0.2, -0.15) is 0 Å². The van der Waals surface area contributed by atoms with Gasteiger partial charge in [0.15, 0.2) is 0 Å². The van der Waals surface area contributed by atoms with Crippen LogP contribution in [-0.2, 0) is 14.6 Å². The molecular weight excluding hydrogens is 276 g/mol. The minimum Gasteiger partial charge on any atom is -0.353 e. The van der Waals surface area contributed by atoms with Crippen molar-refractivity contribution in [2.75, 3.05) is 18.6 Å². The van der Waals surface area contributed by atoms with E-state index in [-0.39, 0.29) is 23.1 Å².